The largest absolute Gasteiger partial charge is 0.487 e. The van der Waals surface area contributed by atoms with Crippen molar-refractivity contribution in [3.05, 3.63) is 29.1 Å². The van der Waals surface area contributed by atoms with E-state index in [1.807, 2.05) is 13.8 Å². The minimum atomic E-state index is -0.563. The molecule has 1 aromatic carbocycles. The summed E-state index contributed by atoms with van der Waals surface area (Å²) in [6.07, 6.45) is 0.674. The molecule has 1 aliphatic heterocycles. The van der Waals surface area contributed by atoms with Gasteiger partial charge in [0.1, 0.15) is 17.2 Å². The SMILES string of the molecule is CC1(C)Cc2cc(C(=O)CN)c(F)cc2O1. The first-order valence-corrected chi connectivity index (χ1v) is 5.17. The van der Waals surface area contributed by atoms with Crippen LogP contribution in [0.5, 0.6) is 5.75 Å². The molecule has 0 spiro atoms. The molecule has 0 atom stereocenters. The van der Waals surface area contributed by atoms with Crippen molar-refractivity contribution in [3.8, 4) is 5.75 Å². The number of fused-ring (bicyclic) bond motifs is 1. The number of Topliss-reactive ketones (excluding diaryl/α,β-unsaturated/α-hetero) is 1. The molecular formula is C12H14FNO2. The Kier molecular flexibility index (Phi) is 2.46. The zero-order chi connectivity index (χ0) is 11.9. The van der Waals surface area contributed by atoms with Crippen LogP contribution in [0.15, 0.2) is 12.1 Å². The maximum Gasteiger partial charge on any atom is 0.179 e. The van der Waals surface area contributed by atoms with Crippen LogP contribution >= 0.6 is 0 Å². The van der Waals surface area contributed by atoms with Crippen molar-refractivity contribution in [3.63, 3.8) is 0 Å². The first-order chi connectivity index (χ1) is 7.43. The second-order valence-electron chi connectivity index (χ2n) is 4.61. The van der Waals surface area contributed by atoms with Gasteiger partial charge in [0.15, 0.2) is 5.78 Å². The average Bonchev–Trinajstić information content (AvgIpc) is 2.48. The van der Waals surface area contributed by atoms with Crippen molar-refractivity contribution >= 4 is 5.78 Å². The fourth-order valence-corrected chi connectivity index (χ4v) is 1.95. The van der Waals surface area contributed by atoms with Crippen LogP contribution in [0.4, 0.5) is 4.39 Å². The van der Waals surface area contributed by atoms with Crippen molar-refractivity contribution in [2.24, 2.45) is 5.73 Å². The highest BCUT2D eigenvalue weighted by Crippen LogP contribution is 2.36. The maximum atomic E-state index is 13.6. The summed E-state index contributed by atoms with van der Waals surface area (Å²) < 4.78 is 19.1. The Hall–Kier alpha value is -1.42. The zero-order valence-electron chi connectivity index (χ0n) is 9.34. The lowest BCUT2D eigenvalue weighted by Crippen LogP contribution is -2.24. The Morgan fingerprint density at radius 1 is 1.56 bits per heavy atom. The molecule has 4 heteroatoms. The highest BCUT2D eigenvalue weighted by Gasteiger charge is 2.31. The summed E-state index contributed by atoms with van der Waals surface area (Å²) in [4.78, 5) is 11.4. The molecule has 0 amide bonds. The Morgan fingerprint density at radius 3 is 2.88 bits per heavy atom. The second-order valence-corrected chi connectivity index (χ2v) is 4.61. The summed E-state index contributed by atoms with van der Waals surface area (Å²) in [6.45, 7) is 3.67. The third-order valence-corrected chi connectivity index (χ3v) is 2.64. The molecule has 0 radical (unpaired) electrons. The summed E-state index contributed by atoms with van der Waals surface area (Å²) >= 11 is 0. The highest BCUT2D eigenvalue weighted by molar-refractivity contribution is 5.98. The fraction of sp³-hybridized carbons (Fsp3) is 0.417. The Bertz CT molecular complexity index is 455. The second kappa shape index (κ2) is 3.56. The fourth-order valence-electron chi connectivity index (χ4n) is 1.95. The van der Waals surface area contributed by atoms with Crippen LogP contribution in [0.3, 0.4) is 0 Å². The average molecular weight is 223 g/mol. The standard InChI is InChI=1S/C12H14FNO2/c1-12(2)5-7-3-8(10(15)6-14)9(13)4-11(7)16-12/h3-4H,5-6,14H2,1-2H3. The Labute approximate surface area is 93.4 Å². The molecule has 2 rings (SSSR count). The Balaban J connectivity index is 2.45. The van der Waals surface area contributed by atoms with Crippen LogP contribution < -0.4 is 10.5 Å². The summed E-state index contributed by atoms with van der Waals surface area (Å²) in [6, 6.07) is 2.82. The van der Waals surface area contributed by atoms with E-state index in [0.29, 0.717) is 12.2 Å². The minimum absolute atomic E-state index is 0.0579. The van der Waals surface area contributed by atoms with Crippen LogP contribution in [0.25, 0.3) is 0 Å². The predicted octanol–water partition coefficient (Wildman–Crippen LogP) is 1.68. The van der Waals surface area contributed by atoms with E-state index in [-0.39, 0.29) is 23.5 Å². The molecule has 0 unspecified atom stereocenters. The van der Waals surface area contributed by atoms with Crippen molar-refractivity contribution in [2.45, 2.75) is 25.9 Å². The van der Waals surface area contributed by atoms with E-state index >= 15 is 0 Å². The third kappa shape index (κ3) is 1.80. The molecule has 1 aliphatic rings. The lowest BCUT2D eigenvalue weighted by Gasteiger charge is -2.16. The van der Waals surface area contributed by atoms with Gasteiger partial charge in [-0.15, -0.1) is 0 Å². The van der Waals surface area contributed by atoms with Crippen molar-refractivity contribution in [1.82, 2.24) is 0 Å². The number of hydrogen-bond acceptors (Lipinski definition) is 3. The van der Waals surface area contributed by atoms with Gasteiger partial charge < -0.3 is 10.5 Å². The quantitative estimate of drug-likeness (QED) is 0.776. The van der Waals surface area contributed by atoms with E-state index in [0.717, 1.165) is 5.56 Å². The van der Waals surface area contributed by atoms with Crippen LogP contribution in [0, 0.1) is 5.82 Å². The van der Waals surface area contributed by atoms with Gasteiger partial charge in [0.2, 0.25) is 0 Å². The number of ether oxygens (including phenoxy) is 1. The van der Waals surface area contributed by atoms with Gasteiger partial charge in [0, 0.05) is 12.5 Å². The lowest BCUT2D eigenvalue weighted by molar-refractivity contribution is 0.0997. The molecule has 0 saturated heterocycles. The monoisotopic (exact) mass is 223 g/mol. The van der Waals surface area contributed by atoms with E-state index in [1.165, 1.54) is 6.07 Å². The van der Waals surface area contributed by atoms with Gasteiger partial charge >= 0.3 is 0 Å². The van der Waals surface area contributed by atoms with E-state index in [1.54, 1.807) is 6.07 Å². The van der Waals surface area contributed by atoms with E-state index in [4.69, 9.17) is 10.5 Å². The molecule has 2 N–H and O–H groups in total. The smallest absolute Gasteiger partial charge is 0.179 e. The van der Waals surface area contributed by atoms with Crippen LogP contribution in [-0.4, -0.2) is 17.9 Å². The van der Waals surface area contributed by atoms with Crippen LogP contribution in [0.1, 0.15) is 29.8 Å². The van der Waals surface area contributed by atoms with Gasteiger partial charge in [0.25, 0.3) is 0 Å². The lowest BCUT2D eigenvalue weighted by atomic mass is 9.99. The third-order valence-electron chi connectivity index (χ3n) is 2.64. The minimum Gasteiger partial charge on any atom is -0.487 e. The van der Waals surface area contributed by atoms with E-state index in [2.05, 4.69) is 0 Å². The normalized spacial score (nSPS) is 16.8. The molecule has 16 heavy (non-hydrogen) atoms. The van der Waals surface area contributed by atoms with Crippen molar-refractivity contribution < 1.29 is 13.9 Å². The van der Waals surface area contributed by atoms with Crippen molar-refractivity contribution in [2.75, 3.05) is 6.54 Å². The van der Waals surface area contributed by atoms with Crippen molar-refractivity contribution in [1.29, 1.82) is 0 Å². The first kappa shape index (κ1) is 11.1. The topological polar surface area (TPSA) is 52.3 Å². The number of rotatable bonds is 2. The number of carbonyl (C=O) groups excluding carboxylic acids is 1. The predicted molar refractivity (Wildman–Crippen MR) is 58.2 cm³/mol. The van der Waals surface area contributed by atoms with Crippen LogP contribution in [0.2, 0.25) is 0 Å². The Morgan fingerprint density at radius 2 is 2.25 bits per heavy atom. The van der Waals surface area contributed by atoms with E-state index < -0.39 is 5.82 Å². The maximum absolute atomic E-state index is 13.6. The number of hydrogen-bond donors (Lipinski definition) is 1. The summed E-state index contributed by atoms with van der Waals surface area (Å²) in [5, 5.41) is 0. The molecular weight excluding hydrogens is 209 g/mol. The van der Waals surface area contributed by atoms with Gasteiger partial charge in [-0.25, -0.2) is 4.39 Å². The van der Waals surface area contributed by atoms with E-state index in [9.17, 15) is 9.18 Å². The summed E-state index contributed by atoms with van der Waals surface area (Å²) in [5.41, 5.74) is 5.81. The molecule has 0 fully saturated rings. The number of carbonyl (C=O) groups is 1. The van der Waals surface area contributed by atoms with Gasteiger partial charge in [-0.3, -0.25) is 4.79 Å². The van der Waals surface area contributed by atoms with Crippen LogP contribution in [-0.2, 0) is 6.42 Å². The molecule has 0 aromatic heterocycles. The molecule has 86 valence electrons. The first-order valence-electron chi connectivity index (χ1n) is 5.17. The summed E-state index contributed by atoms with van der Waals surface area (Å²) in [5.74, 6) is -0.423. The molecule has 1 aromatic rings. The molecule has 1 heterocycles. The molecule has 0 saturated carbocycles. The van der Waals surface area contributed by atoms with Gasteiger partial charge in [0.05, 0.1) is 12.1 Å². The number of benzene rings is 1. The number of halogens is 1. The van der Waals surface area contributed by atoms with Gasteiger partial charge in [-0.1, -0.05) is 0 Å². The van der Waals surface area contributed by atoms with Gasteiger partial charge in [-0.05, 0) is 25.5 Å². The summed E-state index contributed by atoms with van der Waals surface area (Å²) in [7, 11) is 0. The highest BCUT2D eigenvalue weighted by atomic mass is 19.1. The number of nitrogens with two attached hydrogens (primary N) is 1. The molecule has 3 nitrogen and oxygen atoms in total. The zero-order valence-corrected chi connectivity index (χ0v) is 9.34. The molecule has 0 aliphatic carbocycles. The number of ketones is 1. The van der Waals surface area contributed by atoms with Gasteiger partial charge in [-0.2, -0.15) is 0 Å². The molecule has 0 bridgehead atoms.